The number of fused-ring (bicyclic) bond motifs is 2. The Kier molecular flexibility index (Phi) is 5.40. The second-order valence-electron chi connectivity index (χ2n) is 5.80. The Morgan fingerprint density at radius 2 is 1.96 bits per heavy atom. The summed E-state index contributed by atoms with van der Waals surface area (Å²) in [5.41, 5.74) is 6.84. The summed E-state index contributed by atoms with van der Waals surface area (Å²) in [7, 11) is 0. The molecule has 0 aliphatic heterocycles. The van der Waals surface area contributed by atoms with E-state index in [2.05, 4.69) is 45.8 Å². The highest BCUT2D eigenvalue weighted by molar-refractivity contribution is 7.98. The summed E-state index contributed by atoms with van der Waals surface area (Å²) in [5, 5.41) is 7.57. The molecule has 4 nitrogen and oxygen atoms in total. The van der Waals surface area contributed by atoms with Crippen LogP contribution in [0.2, 0.25) is 0 Å². The Labute approximate surface area is 151 Å². The molecule has 0 amide bonds. The monoisotopic (exact) mass is 364 g/mol. The smallest absolute Gasteiger partial charge is 0.189 e. The van der Waals surface area contributed by atoms with Crippen molar-refractivity contribution in [2.45, 2.75) is 23.8 Å². The predicted octanol–water partition coefficient (Wildman–Crippen LogP) is 3.04. The zero-order valence-corrected chi connectivity index (χ0v) is 15.3. The summed E-state index contributed by atoms with van der Waals surface area (Å²) in [4.78, 5) is 1.19. The van der Waals surface area contributed by atoms with Crippen LogP contribution >= 0.6 is 36.2 Å². The van der Waals surface area contributed by atoms with Gasteiger partial charge in [-0.05, 0) is 73.6 Å². The number of hydrogen-bond acceptors (Lipinski definition) is 3. The van der Waals surface area contributed by atoms with E-state index in [-0.39, 0.29) is 0 Å². The lowest BCUT2D eigenvalue weighted by molar-refractivity contribution is 0.518. The van der Waals surface area contributed by atoms with E-state index in [9.17, 15) is 0 Å². The van der Waals surface area contributed by atoms with Crippen molar-refractivity contribution in [1.29, 1.82) is 0 Å². The van der Waals surface area contributed by atoms with Crippen LogP contribution in [0.4, 0.5) is 5.69 Å². The Balaban J connectivity index is 1.41. The van der Waals surface area contributed by atoms with Gasteiger partial charge in [0.05, 0.1) is 0 Å². The number of nitrogens with one attached hydrogen (secondary N) is 4. The number of rotatable bonds is 3. The number of benzene rings is 1. The summed E-state index contributed by atoms with van der Waals surface area (Å²) in [5.74, 6) is 1.33. The predicted molar refractivity (Wildman–Crippen MR) is 106 cm³/mol. The van der Waals surface area contributed by atoms with Crippen molar-refractivity contribution in [3.05, 3.63) is 36.4 Å². The van der Waals surface area contributed by atoms with Crippen molar-refractivity contribution in [1.82, 2.24) is 16.2 Å². The Hall–Kier alpha value is -1.31. The molecule has 3 atom stereocenters. The number of thioether (sulfide) groups is 1. The van der Waals surface area contributed by atoms with E-state index in [0.29, 0.717) is 22.2 Å². The maximum atomic E-state index is 5.33. The second-order valence-corrected chi connectivity index (χ2v) is 7.49. The zero-order valence-electron chi connectivity index (χ0n) is 12.8. The summed E-state index contributed by atoms with van der Waals surface area (Å²) in [6, 6.07) is 8.53. The molecule has 0 aromatic heterocycles. The van der Waals surface area contributed by atoms with E-state index in [1.165, 1.54) is 11.3 Å². The molecule has 0 unspecified atom stereocenters. The SMILES string of the molecule is CSc1cccc(NC(=S)NNC(=S)N[C@@H]2C[C@@H]3C=C[C@H]2C3)c1. The Bertz CT molecular complexity index is 632. The minimum Gasteiger partial charge on any atom is -0.358 e. The van der Waals surface area contributed by atoms with Gasteiger partial charge in [-0.2, -0.15) is 0 Å². The van der Waals surface area contributed by atoms with Crippen LogP contribution < -0.4 is 21.5 Å². The van der Waals surface area contributed by atoms with Crippen LogP contribution in [0, 0.1) is 11.8 Å². The zero-order chi connectivity index (χ0) is 16.2. The van der Waals surface area contributed by atoms with Gasteiger partial charge in [-0.25, -0.2) is 0 Å². The number of hydrogen-bond donors (Lipinski definition) is 4. The lowest BCUT2D eigenvalue weighted by atomic mass is 10.0. The highest BCUT2D eigenvalue weighted by atomic mass is 32.2. The van der Waals surface area contributed by atoms with Gasteiger partial charge in [0.1, 0.15) is 0 Å². The van der Waals surface area contributed by atoms with Gasteiger partial charge in [0.25, 0.3) is 0 Å². The normalized spacial score (nSPS) is 24.3. The van der Waals surface area contributed by atoms with Crippen LogP contribution in [-0.2, 0) is 0 Å². The average molecular weight is 365 g/mol. The van der Waals surface area contributed by atoms with Gasteiger partial charge >= 0.3 is 0 Å². The molecule has 1 aromatic carbocycles. The molecule has 2 bridgehead atoms. The second kappa shape index (κ2) is 7.51. The molecule has 3 rings (SSSR count). The first kappa shape index (κ1) is 16.5. The molecule has 1 saturated carbocycles. The summed E-state index contributed by atoms with van der Waals surface area (Å²) in [6.45, 7) is 0. The number of anilines is 1. The van der Waals surface area contributed by atoms with E-state index in [1.54, 1.807) is 11.8 Å². The van der Waals surface area contributed by atoms with Crippen molar-refractivity contribution in [3.63, 3.8) is 0 Å². The van der Waals surface area contributed by atoms with E-state index < -0.39 is 0 Å². The van der Waals surface area contributed by atoms with Gasteiger partial charge in [0, 0.05) is 16.6 Å². The van der Waals surface area contributed by atoms with E-state index in [0.717, 1.165) is 18.0 Å². The molecule has 0 radical (unpaired) electrons. The summed E-state index contributed by atoms with van der Waals surface area (Å²) in [6.07, 6.45) is 9.07. The first-order valence-electron chi connectivity index (χ1n) is 7.60. The molecular weight excluding hydrogens is 344 g/mol. The largest absolute Gasteiger partial charge is 0.358 e. The molecule has 0 spiro atoms. The molecule has 7 heteroatoms. The first-order valence-corrected chi connectivity index (χ1v) is 9.64. The number of thiocarbonyl (C=S) groups is 2. The minimum atomic E-state index is 0.437. The van der Waals surface area contributed by atoms with Gasteiger partial charge < -0.3 is 10.6 Å². The highest BCUT2D eigenvalue weighted by Gasteiger charge is 2.35. The van der Waals surface area contributed by atoms with Crippen LogP contribution in [0.5, 0.6) is 0 Å². The minimum absolute atomic E-state index is 0.437. The van der Waals surface area contributed by atoms with E-state index in [4.69, 9.17) is 24.4 Å². The van der Waals surface area contributed by atoms with Crippen LogP contribution in [-0.4, -0.2) is 22.5 Å². The average Bonchev–Trinajstić information content (AvgIpc) is 3.16. The maximum absolute atomic E-state index is 5.33. The van der Waals surface area contributed by atoms with Gasteiger partial charge in [-0.1, -0.05) is 18.2 Å². The third-order valence-electron chi connectivity index (χ3n) is 4.21. The van der Waals surface area contributed by atoms with Gasteiger partial charge in [0.15, 0.2) is 10.2 Å². The van der Waals surface area contributed by atoms with Crippen molar-refractivity contribution in [2.24, 2.45) is 11.8 Å². The molecule has 23 heavy (non-hydrogen) atoms. The fraction of sp³-hybridized carbons (Fsp3) is 0.375. The van der Waals surface area contributed by atoms with Crippen LogP contribution in [0.3, 0.4) is 0 Å². The highest BCUT2D eigenvalue weighted by Crippen LogP contribution is 2.38. The summed E-state index contributed by atoms with van der Waals surface area (Å²) < 4.78 is 0. The first-order chi connectivity index (χ1) is 11.1. The Morgan fingerprint density at radius 3 is 2.65 bits per heavy atom. The topological polar surface area (TPSA) is 48.1 Å². The van der Waals surface area contributed by atoms with Crippen LogP contribution in [0.15, 0.2) is 41.3 Å². The molecule has 122 valence electrons. The van der Waals surface area contributed by atoms with Crippen molar-refractivity contribution >= 4 is 52.1 Å². The number of hydrazine groups is 1. The fourth-order valence-electron chi connectivity index (χ4n) is 3.13. The molecule has 0 heterocycles. The van der Waals surface area contributed by atoms with Gasteiger partial charge in [0.2, 0.25) is 0 Å². The fourth-order valence-corrected chi connectivity index (χ4v) is 3.96. The van der Waals surface area contributed by atoms with Crippen molar-refractivity contribution in [3.8, 4) is 0 Å². The van der Waals surface area contributed by atoms with Crippen LogP contribution in [0.25, 0.3) is 0 Å². The molecular formula is C16H20N4S3. The molecule has 4 N–H and O–H groups in total. The molecule has 0 saturated heterocycles. The van der Waals surface area contributed by atoms with Gasteiger partial charge in [-0.3, -0.25) is 10.9 Å². The van der Waals surface area contributed by atoms with Crippen LogP contribution in [0.1, 0.15) is 12.8 Å². The lowest BCUT2D eigenvalue weighted by Crippen LogP contribution is -2.51. The maximum Gasteiger partial charge on any atom is 0.189 e. The number of allylic oxidation sites excluding steroid dienone is 1. The van der Waals surface area contributed by atoms with Crippen molar-refractivity contribution < 1.29 is 0 Å². The Morgan fingerprint density at radius 1 is 1.13 bits per heavy atom. The molecule has 1 fully saturated rings. The summed E-state index contributed by atoms with van der Waals surface area (Å²) >= 11 is 12.3. The van der Waals surface area contributed by atoms with Gasteiger partial charge in [-0.15, -0.1) is 11.8 Å². The standard InChI is InChI=1S/C16H20N4S3/c1-23-13-4-2-3-12(9-13)17-15(21)19-20-16(22)18-14-8-10-5-6-11(14)7-10/h2-6,9-11,14H,7-8H2,1H3,(H2,17,19,21)(H2,18,20,22)/t10-,11+,14-/m1/s1. The quantitative estimate of drug-likeness (QED) is 0.285. The molecule has 1 aromatic rings. The lowest BCUT2D eigenvalue weighted by Gasteiger charge is -2.22. The third kappa shape index (κ3) is 4.37. The molecule has 2 aliphatic carbocycles. The van der Waals surface area contributed by atoms with Crippen molar-refractivity contribution in [2.75, 3.05) is 11.6 Å². The van der Waals surface area contributed by atoms with E-state index >= 15 is 0 Å². The third-order valence-corrected chi connectivity index (χ3v) is 5.36. The molecule has 2 aliphatic rings. The van der Waals surface area contributed by atoms with E-state index in [1.807, 2.05) is 18.4 Å².